The van der Waals surface area contributed by atoms with Gasteiger partial charge >= 0.3 is 6.18 Å². The molecule has 6 heteroatoms. The molecule has 2 heterocycles. The molecular formula is C13H12F3NOS. The van der Waals surface area contributed by atoms with Gasteiger partial charge in [-0.15, -0.1) is 11.3 Å². The second-order valence-corrected chi connectivity index (χ2v) is 5.14. The maximum atomic E-state index is 12.4. The van der Waals surface area contributed by atoms with Gasteiger partial charge in [-0.05, 0) is 36.4 Å². The van der Waals surface area contributed by atoms with Crippen LogP contribution in [0.3, 0.4) is 0 Å². The number of hydrogen-bond acceptors (Lipinski definition) is 3. The number of hydrogen-bond donors (Lipinski definition) is 1. The normalized spacial score (nSPS) is 13.5. The Hall–Kier alpha value is -1.40. The number of rotatable bonds is 4. The van der Waals surface area contributed by atoms with Crippen molar-refractivity contribution < 1.29 is 18.3 Å². The topological polar surface area (TPSA) is 33.1 Å². The van der Waals surface area contributed by atoms with Crippen LogP contribution in [0.15, 0.2) is 35.8 Å². The lowest BCUT2D eigenvalue weighted by atomic mass is 10.1. The molecule has 0 spiro atoms. The number of alkyl halides is 3. The summed E-state index contributed by atoms with van der Waals surface area (Å²) in [6.07, 6.45) is -3.36. The van der Waals surface area contributed by atoms with Crippen LogP contribution in [0.4, 0.5) is 13.2 Å². The van der Waals surface area contributed by atoms with Crippen LogP contribution in [0.25, 0.3) is 0 Å². The summed E-state index contributed by atoms with van der Waals surface area (Å²) in [4.78, 5) is 4.81. The van der Waals surface area contributed by atoms with Gasteiger partial charge in [-0.25, -0.2) is 0 Å². The number of aromatic nitrogens is 1. The molecule has 2 aromatic heterocycles. The van der Waals surface area contributed by atoms with E-state index in [4.69, 9.17) is 0 Å². The monoisotopic (exact) mass is 287 g/mol. The van der Waals surface area contributed by atoms with E-state index in [1.165, 1.54) is 6.07 Å². The zero-order valence-electron chi connectivity index (χ0n) is 9.89. The van der Waals surface area contributed by atoms with Crippen molar-refractivity contribution in [2.24, 2.45) is 0 Å². The molecule has 0 saturated carbocycles. The zero-order valence-corrected chi connectivity index (χ0v) is 10.7. The van der Waals surface area contributed by atoms with E-state index in [0.29, 0.717) is 12.8 Å². The highest BCUT2D eigenvalue weighted by Crippen LogP contribution is 2.29. The van der Waals surface area contributed by atoms with Crippen LogP contribution in [0.5, 0.6) is 0 Å². The summed E-state index contributed by atoms with van der Waals surface area (Å²) in [6, 6.07) is 6.04. The third-order valence-electron chi connectivity index (χ3n) is 2.70. The molecule has 2 nitrogen and oxygen atoms in total. The van der Waals surface area contributed by atoms with Crippen LogP contribution in [0.2, 0.25) is 0 Å². The molecule has 0 bridgehead atoms. The van der Waals surface area contributed by atoms with Crippen molar-refractivity contribution in [2.45, 2.75) is 25.1 Å². The second kappa shape index (κ2) is 5.71. The summed E-state index contributed by atoms with van der Waals surface area (Å²) in [5.41, 5.74) is -0.536. The number of aryl methyl sites for hydroxylation is 1. The maximum Gasteiger partial charge on any atom is 0.417 e. The highest BCUT2D eigenvalue weighted by Gasteiger charge is 2.30. The van der Waals surface area contributed by atoms with Gasteiger partial charge in [0.25, 0.3) is 0 Å². The first-order valence-electron chi connectivity index (χ1n) is 5.70. The molecular weight excluding hydrogens is 275 g/mol. The molecule has 1 atom stereocenters. The molecule has 0 saturated heterocycles. The van der Waals surface area contributed by atoms with Crippen molar-refractivity contribution in [1.29, 1.82) is 0 Å². The molecule has 102 valence electrons. The summed E-state index contributed by atoms with van der Waals surface area (Å²) in [6.45, 7) is 0. The summed E-state index contributed by atoms with van der Waals surface area (Å²) in [7, 11) is 0. The van der Waals surface area contributed by atoms with Crippen LogP contribution in [0, 0.1) is 0 Å². The Bertz CT molecular complexity index is 508. The van der Waals surface area contributed by atoms with Crippen molar-refractivity contribution in [3.63, 3.8) is 0 Å². The second-order valence-electron chi connectivity index (χ2n) is 4.10. The molecule has 0 aromatic carbocycles. The molecule has 1 N–H and O–H groups in total. The summed E-state index contributed by atoms with van der Waals surface area (Å²) in [5.74, 6) is 0. The first kappa shape index (κ1) is 14.0. The van der Waals surface area contributed by atoms with E-state index in [0.717, 1.165) is 17.1 Å². The average molecular weight is 287 g/mol. The zero-order chi connectivity index (χ0) is 13.9. The molecule has 19 heavy (non-hydrogen) atoms. The number of aliphatic hydroxyl groups excluding tert-OH is 1. The van der Waals surface area contributed by atoms with Gasteiger partial charge in [0.05, 0.1) is 17.4 Å². The van der Waals surface area contributed by atoms with Gasteiger partial charge in [0, 0.05) is 11.1 Å². The van der Waals surface area contributed by atoms with Gasteiger partial charge in [0.1, 0.15) is 0 Å². The lowest BCUT2D eigenvalue weighted by molar-refractivity contribution is -0.137. The standard InChI is InChI=1S/C13H12F3NOS/c14-13(15,16)9-3-5-11(17-8-9)12(18)6-4-10-2-1-7-19-10/h1-3,5,7-8,12,18H,4,6H2. The van der Waals surface area contributed by atoms with Crippen molar-refractivity contribution in [3.05, 3.63) is 52.0 Å². The number of nitrogens with zero attached hydrogens (tertiary/aromatic N) is 1. The molecule has 0 aliphatic heterocycles. The Morgan fingerprint density at radius 3 is 2.58 bits per heavy atom. The van der Waals surface area contributed by atoms with Gasteiger partial charge in [-0.3, -0.25) is 4.98 Å². The van der Waals surface area contributed by atoms with Crippen molar-refractivity contribution in [3.8, 4) is 0 Å². The van der Waals surface area contributed by atoms with Crippen molar-refractivity contribution in [2.75, 3.05) is 0 Å². The number of thiophene rings is 1. The Morgan fingerprint density at radius 2 is 2.05 bits per heavy atom. The highest BCUT2D eigenvalue weighted by atomic mass is 32.1. The van der Waals surface area contributed by atoms with Gasteiger partial charge < -0.3 is 5.11 Å². The van der Waals surface area contributed by atoms with E-state index in [1.807, 2.05) is 17.5 Å². The maximum absolute atomic E-state index is 12.4. The van der Waals surface area contributed by atoms with Crippen molar-refractivity contribution in [1.82, 2.24) is 4.98 Å². The van der Waals surface area contributed by atoms with Crippen LogP contribution in [-0.2, 0) is 12.6 Å². The minimum absolute atomic E-state index is 0.268. The van der Waals surface area contributed by atoms with Crippen molar-refractivity contribution >= 4 is 11.3 Å². The van der Waals surface area contributed by atoms with Gasteiger partial charge in [-0.1, -0.05) is 6.07 Å². The van der Waals surface area contributed by atoms with Crippen LogP contribution >= 0.6 is 11.3 Å². The van der Waals surface area contributed by atoms with Gasteiger partial charge in [0.2, 0.25) is 0 Å². The number of pyridine rings is 1. The third-order valence-corrected chi connectivity index (χ3v) is 3.64. The van der Waals surface area contributed by atoms with E-state index >= 15 is 0 Å². The van der Waals surface area contributed by atoms with E-state index in [2.05, 4.69) is 4.98 Å². The minimum atomic E-state index is -4.40. The Kier molecular flexibility index (Phi) is 4.21. The third kappa shape index (κ3) is 3.78. The molecule has 1 unspecified atom stereocenters. The Labute approximate surface area is 112 Å². The first-order valence-corrected chi connectivity index (χ1v) is 6.58. The SMILES string of the molecule is OC(CCc1cccs1)c1ccc(C(F)(F)F)cn1. The van der Waals surface area contributed by atoms with Gasteiger partial charge in [-0.2, -0.15) is 13.2 Å². The Morgan fingerprint density at radius 1 is 1.26 bits per heavy atom. The predicted molar refractivity (Wildman–Crippen MR) is 66.8 cm³/mol. The van der Waals surface area contributed by atoms with Gasteiger partial charge in [0.15, 0.2) is 0 Å². The largest absolute Gasteiger partial charge is 0.417 e. The molecule has 0 fully saturated rings. The lowest BCUT2D eigenvalue weighted by Crippen LogP contribution is -2.08. The smallest absolute Gasteiger partial charge is 0.387 e. The van der Waals surface area contributed by atoms with Crippen LogP contribution < -0.4 is 0 Å². The predicted octanol–water partition coefficient (Wildman–Crippen LogP) is 3.83. The summed E-state index contributed by atoms with van der Waals surface area (Å²) < 4.78 is 37.1. The van der Waals surface area contributed by atoms with Crippen LogP contribution in [-0.4, -0.2) is 10.1 Å². The lowest BCUT2D eigenvalue weighted by Gasteiger charge is -2.11. The van der Waals surface area contributed by atoms with E-state index in [1.54, 1.807) is 11.3 Å². The van der Waals surface area contributed by atoms with E-state index in [9.17, 15) is 18.3 Å². The van der Waals surface area contributed by atoms with E-state index in [-0.39, 0.29) is 5.69 Å². The molecule has 2 aromatic rings. The molecule has 0 radical (unpaired) electrons. The Balaban J connectivity index is 1.97. The fourth-order valence-electron chi connectivity index (χ4n) is 1.65. The van der Waals surface area contributed by atoms with Crippen LogP contribution in [0.1, 0.15) is 28.7 Å². The number of aliphatic hydroxyl groups is 1. The molecule has 0 aliphatic rings. The fourth-order valence-corrected chi connectivity index (χ4v) is 2.38. The molecule has 2 rings (SSSR count). The molecule has 0 aliphatic carbocycles. The fraction of sp³-hybridized carbons (Fsp3) is 0.308. The molecule has 0 amide bonds. The quantitative estimate of drug-likeness (QED) is 0.927. The average Bonchev–Trinajstić information content (AvgIpc) is 2.88. The first-order chi connectivity index (χ1) is 8.97. The summed E-state index contributed by atoms with van der Waals surface area (Å²) >= 11 is 1.59. The summed E-state index contributed by atoms with van der Waals surface area (Å²) in [5, 5.41) is 11.8. The van der Waals surface area contributed by atoms with E-state index < -0.39 is 17.8 Å². The number of halogens is 3. The minimum Gasteiger partial charge on any atom is -0.387 e. The highest BCUT2D eigenvalue weighted by molar-refractivity contribution is 7.09.